The summed E-state index contributed by atoms with van der Waals surface area (Å²) < 4.78 is 5.11. The number of anilines is 1. The minimum absolute atomic E-state index is 0.0736. The van der Waals surface area contributed by atoms with Gasteiger partial charge in [-0.2, -0.15) is 0 Å². The van der Waals surface area contributed by atoms with Gasteiger partial charge in [-0.15, -0.1) is 0 Å². The molecule has 0 radical (unpaired) electrons. The molecule has 2 heterocycles. The fourth-order valence-corrected chi connectivity index (χ4v) is 2.59. The number of aliphatic imine (C=N–C) groups is 1. The van der Waals surface area contributed by atoms with Crippen molar-refractivity contribution < 1.29 is 4.74 Å². The molecule has 1 aromatic heterocycles. The normalized spacial score (nSPS) is 17.7. The summed E-state index contributed by atoms with van der Waals surface area (Å²) in [5.74, 6) is 1.15. The zero-order chi connectivity index (χ0) is 14.8. The van der Waals surface area contributed by atoms with E-state index in [-0.39, 0.29) is 6.04 Å². The number of hydrogen-bond donors (Lipinski definition) is 1. The minimum atomic E-state index is 0.0736. The first-order valence-corrected chi connectivity index (χ1v) is 6.85. The highest BCUT2D eigenvalue weighted by Crippen LogP contribution is 2.32. The van der Waals surface area contributed by atoms with E-state index in [4.69, 9.17) is 10.5 Å². The lowest BCUT2D eigenvalue weighted by Gasteiger charge is -2.27. The van der Waals surface area contributed by atoms with Crippen molar-refractivity contribution in [3.8, 4) is 5.88 Å². The highest BCUT2D eigenvalue weighted by atomic mass is 16.5. The maximum Gasteiger partial charge on any atom is 0.212 e. The molecule has 0 bridgehead atoms. The molecule has 3 rings (SSSR count). The van der Waals surface area contributed by atoms with E-state index >= 15 is 0 Å². The standard InChI is InChI=1S/C16H18N4O/c1-11-5-3-4-6-13(11)20-14(10-19-16(20)17)12-7-8-15(21-2)18-9-12/h3-9,14H,10H2,1-2H3,(H2,17,19). The molecule has 0 aliphatic carbocycles. The zero-order valence-corrected chi connectivity index (χ0v) is 12.2. The summed E-state index contributed by atoms with van der Waals surface area (Å²) in [6.45, 7) is 2.71. The average Bonchev–Trinajstić information content (AvgIpc) is 2.89. The van der Waals surface area contributed by atoms with Crippen LogP contribution in [0.25, 0.3) is 0 Å². The highest BCUT2D eigenvalue weighted by molar-refractivity contribution is 5.98. The lowest BCUT2D eigenvalue weighted by atomic mass is 10.1. The molecule has 5 nitrogen and oxygen atoms in total. The number of guanidine groups is 1. The molecule has 108 valence electrons. The molecule has 0 saturated carbocycles. The molecule has 2 N–H and O–H groups in total. The van der Waals surface area contributed by atoms with E-state index in [0.717, 1.165) is 11.3 Å². The Labute approximate surface area is 124 Å². The van der Waals surface area contributed by atoms with Crippen molar-refractivity contribution in [3.05, 3.63) is 53.7 Å². The third kappa shape index (κ3) is 2.42. The second kappa shape index (κ2) is 5.44. The molecule has 0 spiro atoms. The van der Waals surface area contributed by atoms with Crippen LogP contribution in [-0.2, 0) is 0 Å². The molecule has 5 heteroatoms. The van der Waals surface area contributed by atoms with E-state index in [1.165, 1.54) is 5.56 Å². The molecule has 0 saturated heterocycles. The first kappa shape index (κ1) is 13.4. The van der Waals surface area contributed by atoms with Gasteiger partial charge in [0, 0.05) is 18.0 Å². The van der Waals surface area contributed by atoms with Gasteiger partial charge < -0.3 is 15.4 Å². The fourth-order valence-electron chi connectivity index (χ4n) is 2.59. The van der Waals surface area contributed by atoms with Crippen molar-refractivity contribution in [2.24, 2.45) is 10.7 Å². The maximum atomic E-state index is 6.09. The van der Waals surface area contributed by atoms with Gasteiger partial charge in [-0.3, -0.25) is 4.99 Å². The number of aromatic nitrogens is 1. The Morgan fingerprint density at radius 1 is 1.24 bits per heavy atom. The third-order valence-corrected chi connectivity index (χ3v) is 3.71. The summed E-state index contributed by atoms with van der Waals surface area (Å²) in [7, 11) is 1.61. The van der Waals surface area contributed by atoms with Crippen molar-refractivity contribution in [1.82, 2.24) is 4.98 Å². The quantitative estimate of drug-likeness (QED) is 0.938. The lowest BCUT2D eigenvalue weighted by Crippen LogP contribution is -2.36. The van der Waals surface area contributed by atoms with Gasteiger partial charge >= 0.3 is 0 Å². The Hall–Kier alpha value is -2.56. The second-order valence-electron chi connectivity index (χ2n) is 5.01. The Morgan fingerprint density at radius 3 is 2.71 bits per heavy atom. The van der Waals surface area contributed by atoms with Crippen molar-refractivity contribution in [3.63, 3.8) is 0 Å². The molecule has 1 aliphatic heterocycles. The molecule has 0 amide bonds. The summed E-state index contributed by atoms with van der Waals surface area (Å²) in [6.07, 6.45) is 1.82. The van der Waals surface area contributed by atoms with Crippen LogP contribution in [0.4, 0.5) is 5.69 Å². The number of nitrogens with two attached hydrogens (primary N) is 1. The fraction of sp³-hybridized carbons (Fsp3) is 0.250. The first-order chi connectivity index (χ1) is 10.2. The number of aryl methyl sites for hydroxylation is 1. The van der Waals surface area contributed by atoms with Gasteiger partial charge in [0.05, 0.1) is 19.7 Å². The van der Waals surface area contributed by atoms with E-state index in [1.807, 2.05) is 30.5 Å². The van der Waals surface area contributed by atoms with Crippen LogP contribution in [-0.4, -0.2) is 24.6 Å². The predicted molar refractivity (Wildman–Crippen MR) is 83.7 cm³/mol. The van der Waals surface area contributed by atoms with E-state index in [9.17, 15) is 0 Å². The zero-order valence-electron chi connectivity index (χ0n) is 12.2. The van der Waals surface area contributed by atoms with Crippen LogP contribution in [0.3, 0.4) is 0 Å². The number of benzene rings is 1. The van der Waals surface area contributed by atoms with Gasteiger partial charge in [0.25, 0.3) is 0 Å². The molecule has 1 unspecified atom stereocenters. The maximum absolute atomic E-state index is 6.09. The Morgan fingerprint density at radius 2 is 2.05 bits per heavy atom. The average molecular weight is 282 g/mol. The highest BCUT2D eigenvalue weighted by Gasteiger charge is 2.29. The Balaban J connectivity index is 1.97. The van der Waals surface area contributed by atoms with Crippen LogP contribution in [0.2, 0.25) is 0 Å². The van der Waals surface area contributed by atoms with E-state index in [2.05, 4.69) is 33.9 Å². The van der Waals surface area contributed by atoms with Gasteiger partial charge in [0.1, 0.15) is 0 Å². The van der Waals surface area contributed by atoms with Crippen LogP contribution in [0.1, 0.15) is 17.2 Å². The van der Waals surface area contributed by atoms with E-state index < -0.39 is 0 Å². The van der Waals surface area contributed by atoms with Gasteiger partial charge in [-0.1, -0.05) is 18.2 Å². The third-order valence-electron chi connectivity index (χ3n) is 3.71. The van der Waals surface area contributed by atoms with Crippen molar-refractivity contribution in [1.29, 1.82) is 0 Å². The van der Waals surface area contributed by atoms with Crippen molar-refractivity contribution >= 4 is 11.6 Å². The topological polar surface area (TPSA) is 63.7 Å². The van der Waals surface area contributed by atoms with Crippen molar-refractivity contribution in [2.45, 2.75) is 13.0 Å². The summed E-state index contributed by atoms with van der Waals surface area (Å²) in [5.41, 5.74) is 9.42. The van der Waals surface area contributed by atoms with Crippen LogP contribution >= 0.6 is 0 Å². The van der Waals surface area contributed by atoms with Crippen LogP contribution < -0.4 is 15.4 Å². The lowest BCUT2D eigenvalue weighted by molar-refractivity contribution is 0.397. The van der Waals surface area contributed by atoms with Crippen molar-refractivity contribution in [2.75, 3.05) is 18.6 Å². The summed E-state index contributed by atoms with van der Waals surface area (Å²) >= 11 is 0. The number of para-hydroxylation sites is 1. The van der Waals surface area contributed by atoms with Crippen LogP contribution in [0.5, 0.6) is 5.88 Å². The molecule has 1 aromatic carbocycles. The minimum Gasteiger partial charge on any atom is -0.481 e. The monoisotopic (exact) mass is 282 g/mol. The number of nitrogens with zero attached hydrogens (tertiary/aromatic N) is 3. The molecule has 21 heavy (non-hydrogen) atoms. The second-order valence-corrected chi connectivity index (χ2v) is 5.01. The van der Waals surface area contributed by atoms with Crippen LogP contribution in [0.15, 0.2) is 47.6 Å². The Bertz CT molecular complexity index is 666. The molecule has 1 atom stereocenters. The van der Waals surface area contributed by atoms with Gasteiger partial charge in [0.2, 0.25) is 5.88 Å². The molecule has 2 aromatic rings. The van der Waals surface area contributed by atoms with Gasteiger partial charge in [0.15, 0.2) is 5.96 Å². The number of pyridine rings is 1. The van der Waals surface area contributed by atoms with E-state index in [1.54, 1.807) is 7.11 Å². The van der Waals surface area contributed by atoms with E-state index in [0.29, 0.717) is 18.4 Å². The van der Waals surface area contributed by atoms with Gasteiger partial charge in [-0.25, -0.2) is 4.98 Å². The largest absolute Gasteiger partial charge is 0.481 e. The number of methoxy groups -OCH3 is 1. The number of ether oxygens (including phenoxy) is 1. The first-order valence-electron chi connectivity index (χ1n) is 6.85. The summed E-state index contributed by atoms with van der Waals surface area (Å²) in [6, 6.07) is 12.1. The number of hydrogen-bond acceptors (Lipinski definition) is 5. The SMILES string of the molecule is COc1ccc(C2CN=C(N)N2c2ccccc2C)cn1. The molecular weight excluding hydrogens is 264 g/mol. The van der Waals surface area contributed by atoms with Crippen LogP contribution in [0, 0.1) is 6.92 Å². The summed E-state index contributed by atoms with van der Waals surface area (Å²) in [5, 5.41) is 0. The smallest absolute Gasteiger partial charge is 0.212 e. The number of rotatable bonds is 3. The predicted octanol–water partition coefficient (Wildman–Crippen LogP) is 2.27. The Kier molecular flexibility index (Phi) is 3.48. The molecule has 0 fully saturated rings. The van der Waals surface area contributed by atoms with Gasteiger partial charge in [-0.05, 0) is 30.2 Å². The molecular formula is C16H18N4O. The summed E-state index contributed by atoms with van der Waals surface area (Å²) in [4.78, 5) is 10.7. The molecule has 1 aliphatic rings.